The van der Waals surface area contributed by atoms with E-state index in [1.165, 1.54) is 0 Å². The summed E-state index contributed by atoms with van der Waals surface area (Å²) in [6, 6.07) is 0. The standard InChI is InChI=1S/C11H21BO3/c1-10(2)11(3,4)15-12(14-10)8-6-5-7-9-13/h6,8,13H,5,7,9H2,1-4H3/b8-6+. The van der Waals surface area contributed by atoms with Crippen LogP contribution < -0.4 is 0 Å². The zero-order valence-electron chi connectivity index (χ0n) is 10.1. The molecule has 1 heterocycles. The SMILES string of the molecule is CC1(C)OB(/C=C/CCCO)OC1(C)C. The predicted octanol–water partition coefficient (Wildman–Crippen LogP) is 1.95. The third-order valence-electron chi connectivity index (χ3n) is 3.09. The van der Waals surface area contributed by atoms with Crippen LogP contribution in [0.3, 0.4) is 0 Å². The van der Waals surface area contributed by atoms with Gasteiger partial charge in [-0.3, -0.25) is 0 Å². The lowest BCUT2D eigenvalue weighted by atomic mass is 9.89. The summed E-state index contributed by atoms with van der Waals surface area (Å²) in [5.74, 6) is 1.92. The van der Waals surface area contributed by atoms with E-state index in [9.17, 15) is 0 Å². The highest BCUT2D eigenvalue weighted by atomic mass is 16.7. The van der Waals surface area contributed by atoms with Gasteiger partial charge in [0.2, 0.25) is 0 Å². The molecule has 0 aliphatic carbocycles. The molecule has 1 rings (SSSR count). The molecule has 1 saturated heterocycles. The minimum Gasteiger partial charge on any atom is -0.400 e. The fraction of sp³-hybridized carbons (Fsp3) is 0.818. The maximum Gasteiger partial charge on any atom is 0.486 e. The van der Waals surface area contributed by atoms with E-state index in [1.807, 2.05) is 39.7 Å². The Kier molecular flexibility index (Phi) is 3.98. The molecule has 4 heteroatoms. The van der Waals surface area contributed by atoms with Crippen LogP contribution in [0.2, 0.25) is 0 Å². The molecule has 0 aromatic heterocycles. The van der Waals surface area contributed by atoms with Crippen LogP contribution in [-0.4, -0.2) is 30.0 Å². The van der Waals surface area contributed by atoms with E-state index in [0.29, 0.717) is 0 Å². The number of hydrogen-bond acceptors (Lipinski definition) is 3. The van der Waals surface area contributed by atoms with Crippen molar-refractivity contribution in [2.45, 2.75) is 51.7 Å². The molecule has 3 nitrogen and oxygen atoms in total. The van der Waals surface area contributed by atoms with Crippen molar-refractivity contribution in [2.24, 2.45) is 0 Å². The Labute approximate surface area is 92.6 Å². The Hall–Kier alpha value is -0.315. The van der Waals surface area contributed by atoms with Crippen molar-refractivity contribution in [3.05, 3.63) is 12.1 Å². The van der Waals surface area contributed by atoms with Crippen molar-refractivity contribution in [3.63, 3.8) is 0 Å². The lowest BCUT2D eigenvalue weighted by Gasteiger charge is -2.32. The average molecular weight is 212 g/mol. The summed E-state index contributed by atoms with van der Waals surface area (Å²) in [7, 11) is -0.256. The minimum absolute atomic E-state index is 0.230. The zero-order valence-corrected chi connectivity index (χ0v) is 10.1. The Morgan fingerprint density at radius 1 is 1.13 bits per heavy atom. The van der Waals surface area contributed by atoms with Gasteiger partial charge < -0.3 is 14.4 Å². The lowest BCUT2D eigenvalue weighted by molar-refractivity contribution is 0.00578. The summed E-state index contributed by atoms with van der Waals surface area (Å²) < 4.78 is 11.5. The van der Waals surface area contributed by atoms with E-state index < -0.39 is 0 Å². The Morgan fingerprint density at radius 3 is 2.13 bits per heavy atom. The normalized spacial score (nSPS) is 23.9. The van der Waals surface area contributed by atoms with Gasteiger partial charge in [0, 0.05) is 6.61 Å². The molecule has 86 valence electrons. The molecule has 1 aliphatic rings. The van der Waals surface area contributed by atoms with Crippen LogP contribution >= 0.6 is 0 Å². The zero-order chi connectivity index (χ0) is 11.5. The first-order valence-electron chi connectivity index (χ1n) is 5.52. The van der Waals surface area contributed by atoms with Gasteiger partial charge in [0.25, 0.3) is 0 Å². The van der Waals surface area contributed by atoms with E-state index in [4.69, 9.17) is 14.4 Å². The second-order valence-electron chi connectivity index (χ2n) is 4.92. The summed E-state index contributed by atoms with van der Waals surface area (Å²) in [4.78, 5) is 0. The van der Waals surface area contributed by atoms with Crippen LogP contribution in [0.1, 0.15) is 40.5 Å². The molecular formula is C11H21BO3. The van der Waals surface area contributed by atoms with Crippen molar-refractivity contribution >= 4 is 7.12 Å². The summed E-state index contributed by atoms with van der Waals surface area (Å²) >= 11 is 0. The van der Waals surface area contributed by atoms with Crippen LogP contribution in [0.5, 0.6) is 0 Å². The van der Waals surface area contributed by atoms with Crippen molar-refractivity contribution in [2.75, 3.05) is 6.61 Å². The van der Waals surface area contributed by atoms with Crippen molar-refractivity contribution in [1.82, 2.24) is 0 Å². The minimum atomic E-state index is -0.265. The second-order valence-corrected chi connectivity index (χ2v) is 4.92. The van der Waals surface area contributed by atoms with Gasteiger partial charge in [0.1, 0.15) is 0 Å². The molecule has 0 spiro atoms. The summed E-state index contributed by atoms with van der Waals surface area (Å²) in [6.07, 6.45) is 3.65. The molecule has 0 aromatic carbocycles. The van der Waals surface area contributed by atoms with Gasteiger partial charge in [0.05, 0.1) is 11.2 Å². The molecule has 1 fully saturated rings. The van der Waals surface area contributed by atoms with Gasteiger partial charge in [-0.25, -0.2) is 0 Å². The molecule has 0 atom stereocenters. The van der Waals surface area contributed by atoms with Crippen LogP contribution in [0.4, 0.5) is 0 Å². The molecule has 15 heavy (non-hydrogen) atoms. The molecule has 1 N–H and O–H groups in total. The van der Waals surface area contributed by atoms with E-state index in [0.717, 1.165) is 12.8 Å². The first-order valence-corrected chi connectivity index (χ1v) is 5.52. The summed E-state index contributed by atoms with van der Waals surface area (Å²) in [6.45, 7) is 8.37. The van der Waals surface area contributed by atoms with Crippen LogP contribution in [-0.2, 0) is 9.31 Å². The van der Waals surface area contributed by atoms with Gasteiger partial charge in [-0.2, -0.15) is 0 Å². The first-order chi connectivity index (χ1) is 6.89. The van der Waals surface area contributed by atoms with Gasteiger partial charge in [-0.1, -0.05) is 12.1 Å². The summed E-state index contributed by atoms with van der Waals surface area (Å²) in [5, 5.41) is 8.63. The predicted molar refractivity (Wildman–Crippen MR) is 61.5 cm³/mol. The first kappa shape index (κ1) is 12.8. The molecule has 0 unspecified atom stereocenters. The van der Waals surface area contributed by atoms with E-state index in [1.54, 1.807) is 0 Å². The Morgan fingerprint density at radius 2 is 1.67 bits per heavy atom. The maximum atomic E-state index is 8.63. The van der Waals surface area contributed by atoms with Crippen LogP contribution in [0.25, 0.3) is 0 Å². The number of allylic oxidation sites excluding steroid dienone is 1. The van der Waals surface area contributed by atoms with E-state index >= 15 is 0 Å². The van der Waals surface area contributed by atoms with Crippen molar-refractivity contribution < 1.29 is 14.4 Å². The Balaban J connectivity index is 2.45. The quantitative estimate of drug-likeness (QED) is 0.571. The van der Waals surface area contributed by atoms with Crippen LogP contribution in [0.15, 0.2) is 12.1 Å². The molecule has 0 saturated carbocycles. The van der Waals surface area contributed by atoms with Crippen LogP contribution in [0, 0.1) is 0 Å². The smallest absolute Gasteiger partial charge is 0.400 e. The number of unbranched alkanes of at least 4 members (excludes halogenated alkanes) is 1. The topological polar surface area (TPSA) is 38.7 Å². The van der Waals surface area contributed by atoms with E-state index in [-0.39, 0.29) is 24.9 Å². The molecule has 0 amide bonds. The van der Waals surface area contributed by atoms with Gasteiger partial charge in [-0.15, -0.1) is 0 Å². The fourth-order valence-electron chi connectivity index (χ4n) is 1.38. The third-order valence-corrected chi connectivity index (χ3v) is 3.09. The fourth-order valence-corrected chi connectivity index (χ4v) is 1.38. The highest BCUT2D eigenvalue weighted by Crippen LogP contribution is 2.36. The number of aliphatic hydroxyl groups is 1. The van der Waals surface area contributed by atoms with Crippen molar-refractivity contribution in [1.29, 1.82) is 0 Å². The highest BCUT2D eigenvalue weighted by molar-refractivity contribution is 6.51. The number of aliphatic hydroxyl groups excluding tert-OH is 1. The third kappa shape index (κ3) is 3.07. The highest BCUT2D eigenvalue weighted by Gasteiger charge is 2.49. The molecule has 1 aliphatic heterocycles. The van der Waals surface area contributed by atoms with Gasteiger partial charge in [-0.05, 0) is 40.5 Å². The van der Waals surface area contributed by atoms with Gasteiger partial charge in [0.15, 0.2) is 0 Å². The molecule has 0 radical (unpaired) electrons. The summed E-state index contributed by atoms with van der Waals surface area (Å²) in [5.41, 5.74) is -0.530. The van der Waals surface area contributed by atoms with Crippen molar-refractivity contribution in [3.8, 4) is 0 Å². The number of rotatable bonds is 4. The monoisotopic (exact) mass is 212 g/mol. The maximum absolute atomic E-state index is 8.63. The molecule has 0 bridgehead atoms. The average Bonchev–Trinajstić information content (AvgIpc) is 2.30. The van der Waals surface area contributed by atoms with E-state index in [2.05, 4.69) is 0 Å². The second kappa shape index (κ2) is 4.68. The number of hydrogen-bond donors (Lipinski definition) is 1. The Bertz CT molecular complexity index is 220. The molecular weight excluding hydrogens is 191 g/mol. The molecule has 0 aromatic rings. The largest absolute Gasteiger partial charge is 0.486 e. The van der Waals surface area contributed by atoms with Gasteiger partial charge >= 0.3 is 7.12 Å². The lowest BCUT2D eigenvalue weighted by Crippen LogP contribution is -2.41.